The van der Waals surface area contributed by atoms with E-state index in [9.17, 15) is 9.59 Å². The number of aromatic nitrogens is 3. The number of hydrogen-bond donors (Lipinski definition) is 1. The van der Waals surface area contributed by atoms with Crippen LogP contribution in [-0.4, -0.2) is 20.4 Å². The van der Waals surface area contributed by atoms with Gasteiger partial charge in [0, 0.05) is 12.3 Å². The fourth-order valence-electron chi connectivity index (χ4n) is 1.75. The number of H-pyrrole nitrogens is 1. The van der Waals surface area contributed by atoms with E-state index in [0.717, 1.165) is 10.2 Å². The summed E-state index contributed by atoms with van der Waals surface area (Å²) in [6.45, 7) is 1.43. The van der Waals surface area contributed by atoms with E-state index in [-0.39, 0.29) is 17.2 Å². The van der Waals surface area contributed by atoms with Crippen LogP contribution in [0.2, 0.25) is 0 Å². The third-order valence-electron chi connectivity index (χ3n) is 2.43. The van der Waals surface area contributed by atoms with Gasteiger partial charge in [-0.15, -0.1) is 11.3 Å². The summed E-state index contributed by atoms with van der Waals surface area (Å²) in [5, 5.41) is 8.99. The minimum Gasteiger partial charge on any atom is -0.291 e. The Bertz CT molecular complexity index is 765. The smallest absolute Gasteiger partial charge is 0.288 e. The molecule has 5 nitrogen and oxygen atoms in total. The van der Waals surface area contributed by atoms with Gasteiger partial charge in [-0.05, 0) is 17.5 Å². The number of carbonyl (C=O) groups is 1. The summed E-state index contributed by atoms with van der Waals surface area (Å²) in [5.41, 5.74) is 0.176. The summed E-state index contributed by atoms with van der Waals surface area (Å²) in [4.78, 5) is 23.9. The predicted octanol–water partition coefficient (Wildman–Crippen LogP) is 1.44. The van der Waals surface area contributed by atoms with Crippen LogP contribution >= 0.6 is 11.3 Å². The molecule has 0 unspecified atom stereocenters. The van der Waals surface area contributed by atoms with Crippen molar-refractivity contribution in [2.24, 2.45) is 0 Å². The minimum absolute atomic E-state index is 0.174. The first-order chi connectivity index (χ1) is 7.68. The van der Waals surface area contributed by atoms with E-state index in [0.29, 0.717) is 5.52 Å². The molecule has 0 atom stereocenters. The van der Waals surface area contributed by atoms with E-state index < -0.39 is 0 Å². The van der Waals surface area contributed by atoms with Crippen molar-refractivity contribution in [1.82, 2.24) is 14.6 Å². The van der Waals surface area contributed by atoms with Gasteiger partial charge < -0.3 is 0 Å². The molecule has 16 heavy (non-hydrogen) atoms. The SMILES string of the molecule is CC(=O)c1n[nH]c(=O)c2cc3ccsc3n12. The number of carbonyl (C=O) groups excluding carboxylic acids is 1. The Labute approximate surface area is 93.3 Å². The summed E-state index contributed by atoms with van der Waals surface area (Å²) in [5.74, 6) is 0.0826. The van der Waals surface area contributed by atoms with Gasteiger partial charge in [-0.3, -0.25) is 14.0 Å². The maximum atomic E-state index is 11.6. The summed E-state index contributed by atoms with van der Waals surface area (Å²) in [7, 11) is 0. The molecule has 0 spiro atoms. The van der Waals surface area contributed by atoms with Crippen LogP contribution in [0.25, 0.3) is 15.7 Å². The third kappa shape index (κ3) is 1.07. The van der Waals surface area contributed by atoms with Crippen molar-refractivity contribution in [3.05, 3.63) is 33.7 Å². The Morgan fingerprint density at radius 2 is 2.38 bits per heavy atom. The molecular weight excluding hydrogens is 226 g/mol. The summed E-state index contributed by atoms with van der Waals surface area (Å²) in [6, 6.07) is 3.68. The first-order valence-electron chi connectivity index (χ1n) is 4.67. The standard InChI is InChI=1S/C10H7N3O2S/c1-5(14)8-11-12-9(15)7-4-6-2-3-16-10(6)13(7)8/h2-4H,1H3,(H,12,15). The maximum Gasteiger partial charge on any atom is 0.288 e. The quantitative estimate of drug-likeness (QED) is 0.647. The molecule has 0 aliphatic heterocycles. The number of rotatable bonds is 1. The van der Waals surface area contributed by atoms with E-state index in [1.54, 1.807) is 10.5 Å². The molecule has 0 radical (unpaired) electrons. The second-order valence-electron chi connectivity index (χ2n) is 3.48. The van der Waals surface area contributed by atoms with Crippen LogP contribution in [0.5, 0.6) is 0 Å². The van der Waals surface area contributed by atoms with Crippen LogP contribution in [-0.2, 0) is 0 Å². The van der Waals surface area contributed by atoms with Gasteiger partial charge in [0.15, 0.2) is 5.78 Å². The highest BCUT2D eigenvalue weighted by molar-refractivity contribution is 7.16. The van der Waals surface area contributed by atoms with Gasteiger partial charge in [0.2, 0.25) is 5.82 Å². The van der Waals surface area contributed by atoms with Crippen molar-refractivity contribution < 1.29 is 4.79 Å². The fraction of sp³-hybridized carbons (Fsp3) is 0.100. The van der Waals surface area contributed by atoms with Crippen LogP contribution in [0.4, 0.5) is 0 Å². The Hall–Kier alpha value is -1.95. The van der Waals surface area contributed by atoms with E-state index in [4.69, 9.17) is 0 Å². The van der Waals surface area contributed by atoms with E-state index >= 15 is 0 Å². The highest BCUT2D eigenvalue weighted by Gasteiger charge is 2.14. The van der Waals surface area contributed by atoms with Crippen molar-refractivity contribution >= 4 is 32.9 Å². The lowest BCUT2D eigenvalue weighted by molar-refractivity contribution is 0.100. The molecule has 1 N–H and O–H groups in total. The number of fused-ring (bicyclic) bond motifs is 3. The van der Waals surface area contributed by atoms with Crippen molar-refractivity contribution in [3.8, 4) is 0 Å². The predicted molar refractivity (Wildman–Crippen MR) is 61.2 cm³/mol. The zero-order valence-corrected chi connectivity index (χ0v) is 9.17. The number of thiophene rings is 1. The number of nitrogens with one attached hydrogen (secondary N) is 1. The summed E-state index contributed by atoms with van der Waals surface area (Å²) >= 11 is 1.48. The lowest BCUT2D eigenvalue weighted by Crippen LogP contribution is -2.17. The van der Waals surface area contributed by atoms with Gasteiger partial charge in [-0.25, -0.2) is 5.10 Å². The second kappa shape index (κ2) is 3.02. The number of ketones is 1. The average molecular weight is 233 g/mol. The van der Waals surface area contributed by atoms with Gasteiger partial charge >= 0.3 is 0 Å². The van der Waals surface area contributed by atoms with Crippen LogP contribution in [0, 0.1) is 0 Å². The molecule has 0 amide bonds. The van der Waals surface area contributed by atoms with Gasteiger partial charge in [-0.1, -0.05) is 0 Å². The third-order valence-corrected chi connectivity index (χ3v) is 3.35. The van der Waals surface area contributed by atoms with Crippen molar-refractivity contribution in [3.63, 3.8) is 0 Å². The number of Topliss-reactive ketones (excluding diaryl/α,β-unsaturated/α-hetero) is 1. The fourth-order valence-corrected chi connectivity index (χ4v) is 2.65. The Morgan fingerprint density at radius 3 is 3.12 bits per heavy atom. The van der Waals surface area contributed by atoms with E-state index in [1.807, 2.05) is 11.4 Å². The van der Waals surface area contributed by atoms with Crippen LogP contribution in [0.1, 0.15) is 17.5 Å². The Morgan fingerprint density at radius 1 is 1.56 bits per heavy atom. The van der Waals surface area contributed by atoms with Gasteiger partial charge in [0.25, 0.3) is 5.56 Å². The zero-order valence-electron chi connectivity index (χ0n) is 8.35. The minimum atomic E-state index is -0.284. The van der Waals surface area contributed by atoms with Crippen LogP contribution in [0.15, 0.2) is 22.3 Å². The lowest BCUT2D eigenvalue weighted by Gasteiger charge is -1.99. The highest BCUT2D eigenvalue weighted by Crippen LogP contribution is 2.24. The largest absolute Gasteiger partial charge is 0.291 e. The van der Waals surface area contributed by atoms with Crippen molar-refractivity contribution in [2.45, 2.75) is 6.92 Å². The topological polar surface area (TPSA) is 67.2 Å². The molecule has 0 saturated carbocycles. The molecule has 0 bridgehead atoms. The second-order valence-corrected chi connectivity index (χ2v) is 4.37. The molecule has 0 aliphatic rings. The number of hydrogen-bond acceptors (Lipinski definition) is 4. The number of nitrogens with zero attached hydrogens (tertiary/aromatic N) is 2. The molecule has 0 saturated heterocycles. The summed E-state index contributed by atoms with van der Waals surface area (Å²) in [6.07, 6.45) is 0. The normalized spacial score (nSPS) is 11.3. The molecule has 3 aromatic heterocycles. The van der Waals surface area contributed by atoms with Gasteiger partial charge in [-0.2, -0.15) is 5.10 Å². The monoisotopic (exact) mass is 233 g/mol. The van der Waals surface area contributed by atoms with Crippen LogP contribution < -0.4 is 5.56 Å². The Balaban J connectivity index is 2.65. The van der Waals surface area contributed by atoms with E-state index in [2.05, 4.69) is 10.2 Å². The first kappa shape index (κ1) is 9.29. The average Bonchev–Trinajstić information content (AvgIpc) is 2.78. The highest BCUT2D eigenvalue weighted by atomic mass is 32.1. The summed E-state index contributed by atoms with van der Waals surface area (Å²) < 4.78 is 1.61. The molecule has 3 rings (SSSR count). The molecule has 6 heteroatoms. The lowest BCUT2D eigenvalue weighted by atomic mass is 10.4. The Kier molecular flexibility index (Phi) is 1.75. The van der Waals surface area contributed by atoms with Gasteiger partial charge in [0.1, 0.15) is 10.3 Å². The first-order valence-corrected chi connectivity index (χ1v) is 5.55. The van der Waals surface area contributed by atoms with E-state index in [1.165, 1.54) is 18.3 Å². The van der Waals surface area contributed by atoms with Crippen molar-refractivity contribution in [2.75, 3.05) is 0 Å². The molecule has 0 aromatic carbocycles. The van der Waals surface area contributed by atoms with Gasteiger partial charge in [0.05, 0.1) is 0 Å². The molecule has 0 aliphatic carbocycles. The van der Waals surface area contributed by atoms with Crippen LogP contribution in [0.3, 0.4) is 0 Å². The maximum absolute atomic E-state index is 11.6. The van der Waals surface area contributed by atoms with Crippen molar-refractivity contribution in [1.29, 1.82) is 0 Å². The zero-order chi connectivity index (χ0) is 11.3. The molecule has 80 valence electrons. The molecule has 3 heterocycles. The molecule has 3 aromatic rings. The number of aromatic amines is 1. The molecular formula is C10H7N3O2S. The molecule has 0 fully saturated rings.